The third-order valence-corrected chi connectivity index (χ3v) is 4.90. The zero-order valence-electron chi connectivity index (χ0n) is 14.4. The van der Waals surface area contributed by atoms with Crippen LogP contribution in [0.4, 0.5) is 11.4 Å². The molecule has 0 bridgehead atoms. The predicted molar refractivity (Wildman–Crippen MR) is 104 cm³/mol. The standard InChI is InChI=1S/C20H21BrN2O2/c1-13(2)12-23-18-9-8-15(11-14(18)7-10-19(23)24)22-20(25)16-5-3-4-6-17(16)21/h3-6,8-9,11,13H,7,10,12H2,1-2H3,(H,22,25). The lowest BCUT2D eigenvalue weighted by atomic mass is 9.99. The third-order valence-electron chi connectivity index (χ3n) is 4.20. The van der Waals surface area contributed by atoms with Crippen molar-refractivity contribution in [2.75, 3.05) is 16.8 Å². The number of fused-ring (bicyclic) bond motifs is 1. The Morgan fingerprint density at radius 1 is 1.20 bits per heavy atom. The Morgan fingerprint density at radius 2 is 1.96 bits per heavy atom. The molecule has 0 fully saturated rings. The largest absolute Gasteiger partial charge is 0.322 e. The molecule has 0 saturated heterocycles. The van der Waals surface area contributed by atoms with Crippen LogP contribution in [0.15, 0.2) is 46.9 Å². The summed E-state index contributed by atoms with van der Waals surface area (Å²) in [5, 5.41) is 2.94. The maximum Gasteiger partial charge on any atom is 0.256 e. The lowest BCUT2D eigenvalue weighted by molar-refractivity contribution is -0.119. The van der Waals surface area contributed by atoms with Crippen molar-refractivity contribution in [1.29, 1.82) is 0 Å². The van der Waals surface area contributed by atoms with Gasteiger partial charge in [-0.3, -0.25) is 9.59 Å². The van der Waals surface area contributed by atoms with E-state index in [0.717, 1.165) is 21.4 Å². The zero-order chi connectivity index (χ0) is 18.0. The van der Waals surface area contributed by atoms with Crippen molar-refractivity contribution in [1.82, 2.24) is 0 Å². The van der Waals surface area contributed by atoms with Gasteiger partial charge in [-0.05, 0) is 64.2 Å². The topological polar surface area (TPSA) is 49.4 Å². The van der Waals surface area contributed by atoms with Crippen LogP contribution < -0.4 is 10.2 Å². The van der Waals surface area contributed by atoms with Crippen molar-refractivity contribution in [3.8, 4) is 0 Å². The van der Waals surface area contributed by atoms with E-state index in [9.17, 15) is 9.59 Å². The molecule has 0 saturated carbocycles. The predicted octanol–water partition coefficient (Wildman–Crippen LogP) is 4.64. The first-order chi connectivity index (χ1) is 12.0. The van der Waals surface area contributed by atoms with E-state index in [1.807, 2.05) is 41.3 Å². The number of aryl methyl sites for hydroxylation is 1. The molecule has 1 heterocycles. The monoisotopic (exact) mass is 400 g/mol. The highest BCUT2D eigenvalue weighted by Gasteiger charge is 2.25. The zero-order valence-corrected chi connectivity index (χ0v) is 16.0. The van der Waals surface area contributed by atoms with Crippen LogP contribution in [0.1, 0.15) is 36.2 Å². The van der Waals surface area contributed by atoms with Crippen molar-refractivity contribution < 1.29 is 9.59 Å². The van der Waals surface area contributed by atoms with Gasteiger partial charge < -0.3 is 10.2 Å². The molecule has 25 heavy (non-hydrogen) atoms. The molecule has 1 N–H and O–H groups in total. The summed E-state index contributed by atoms with van der Waals surface area (Å²) in [6.45, 7) is 4.93. The molecule has 3 rings (SSSR count). The van der Waals surface area contributed by atoms with Gasteiger partial charge in [-0.1, -0.05) is 26.0 Å². The Bertz CT molecular complexity index is 817. The molecule has 4 nitrogen and oxygen atoms in total. The van der Waals surface area contributed by atoms with Crippen molar-refractivity contribution in [3.63, 3.8) is 0 Å². The van der Waals surface area contributed by atoms with Gasteiger partial charge in [0, 0.05) is 28.8 Å². The van der Waals surface area contributed by atoms with E-state index in [0.29, 0.717) is 30.9 Å². The average molecular weight is 401 g/mol. The smallest absolute Gasteiger partial charge is 0.256 e. The van der Waals surface area contributed by atoms with Gasteiger partial charge in [-0.15, -0.1) is 0 Å². The highest BCUT2D eigenvalue weighted by Crippen LogP contribution is 2.31. The minimum absolute atomic E-state index is 0.154. The first-order valence-electron chi connectivity index (χ1n) is 8.45. The second-order valence-electron chi connectivity index (χ2n) is 6.68. The van der Waals surface area contributed by atoms with Gasteiger partial charge >= 0.3 is 0 Å². The summed E-state index contributed by atoms with van der Waals surface area (Å²) in [5.41, 5.74) is 3.41. The van der Waals surface area contributed by atoms with E-state index in [1.165, 1.54) is 0 Å². The molecule has 1 aliphatic rings. The SMILES string of the molecule is CC(C)CN1C(=O)CCc2cc(NC(=O)c3ccccc3Br)ccc21. The molecular formula is C20H21BrN2O2. The molecule has 0 atom stereocenters. The van der Waals surface area contributed by atoms with E-state index >= 15 is 0 Å². The first kappa shape index (κ1) is 17.7. The molecule has 1 aliphatic heterocycles. The van der Waals surface area contributed by atoms with E-state index in [-0.39, 0.29) is 11.8 Å². The van der Waals surface area contributed by atoms with Crippen molar-refractivity contribution in [2.24, 2.45) is 5.92 Å². The van der Waals surface area contributed by atoms with E-state index < -0.39 is 0 Å². The van der Waals surface area contributed by atoms with Crippen molar-refractivity contribution in [2.45, 2.75) is 26.7 Å². The van der Waals surface area contributed by atoms with E-state index in [1.54, 1.807) is 6.07 Å². The van der Waals surface area contributed by atoms with Crippen LogP contribution in [-0.2, 0) is 11.2 Å². The number of anilines is 2. The molecule has 0 radical (unpaired) electrons. The van der Waals surface area contributed by atoms with Gasteiger partial charge in [0.1, 0.15) is 0 Å². The Balaban J connectivity index is 1.83. The lowest BCUT2D eigenvalue weighted by Gasteiger charge is -2.31. The summed E-state index contributed by atoms with van der Waals surface area (Å²) in [6.07, 6.45) is 1.23. The fraction of sp³-hybridized carbons (Fsp3) is 0.300. The summed E-state index contributed by atoms with van der Waals surface area (Å²) >= 11 is 3.40. The molecule has 130 valence electrons. The summed E-state index contributed by atoms with van der Waals surface area (Å²) in [4.78, 5) is 26.6. The Labute approximate surface area is 156 Å². The van der Waals surface area contributed by atoms with E-state index in [2.05, 4.69) is 35.1 Å². The molecular weight excluding hydrogens is 380 g/mol. The van der Waals surface area contributed by atoms with Gasteiger partial charge in [-0.25, -0.2) is 0 Å². The molecule has 2 amide bonds. The number of nitrogens with one attached hydrogen (secondary N) is 1. The quantitative estimate of drug-likeness (QED) is 0.812. The highest BCUT2D eigenvalue weighted by atomic mass is 79.9. The number of halogens is 1. The van der Waals surface area contributed by atoms with Gasteiger partial charge in [0.15, 0.2) is 0 Å². The molecule has 0 aliphatic carbocycles. The first-order valence-corrected chi connectivity index (χ1v) is 9.24. The number of carbonyl (C=O) groups excluding carboxylic acids is 2. The van der Waals surface area contributed by atoms with Gasteiger partial charge in [0.25, 0.3) is 5.91 Å². The van der Waals surface area contributed by atoms with Crippen LogP contribution in [-0.4, -0.2) is 18.4 Å². The number of hydrogen-bond donors (Lipinski definition) is 1. The molecule has 2 aromatic carbocycles. The third kappa shape index (κ3) is 3.93. The van der Waals surface area contributed by atoms with Gasteiger partial charge in [-0.2, -0.15) is 0 Å². The number of nitrogens with zero attached hydrogens (tertiary/aromatic N) is 1. The van der Waals surface area contributed by atoms with Gasteiger partial charge in [0.05, 0.1) is 5.56 Å². The van der Waals surface area contributed by atoms with Crippen LogP contribution in [0.5, 0.6) is 0 Å². The van der Waals surface area contributed by atoms with Crippen LogP contribution in [0.2, 0.25) is 0 Å². The minimum atomic E-state index is -0.154. The minimum Gasteiger partial charge on any atom is -0.322 e. The fourth-order valence-corrected chi connectivity index (χ4v) is 3.51. The summed E-state index contributed by atoms with van der Waals surface area (Å²) in [6, 6.07) is 13.1. The number of hydrogen-bond acceptors (Lipinski definition) is 2. The van der Waals surface area contributed by atoms with Crippen LogP contribution in [0.25, 0.3) is 0 Å². The Morgan fingerprint density at radius 3 is 2.68 bits per heavy atom. The maximum absolute atomic E-state index is 12.5. The lowest BCUT2D eigenvalue weighted by Crippen LogP contribution is -2.37. The molecule has 0 unspecified atom stereocenters. The second kappa shape index (κ2) is 7.40. The van der Waals surface area contributed by atoms with Gasteiger partial charge in [0.2, 0.25) is 5.91 Å². The Hall–Kier alpha value is -2.14. The number of benzene rings is 2. The molecule has 5 heteroatoms. The average Bonchev–Trinajstić information content (AvgIpc) is 2.57. The maximum atomic E-state index is 12.5. The number of amides is 2. The number of carbonyl (C=O) groups is 2. The molecule has 0 spiro atoms. The highest BCUT2D eigenvalue weighted by molar-refractivity contribution is 9.10. The van der Waals surface area contributed by atoms with Crippen molar-refractivity contribution >= 4 is 39.1 Å². The van der Waals surface area contributed by atoms with E-state index in [4.69, 9.17) is 0 Å². The van der Waals surface area contributed by atoms with Crippen LogP contribution in [0.3, 0.4) is 0 Å². The van der Waals surface area contributed by atoms with Crippen LogP contribution >= 0.6 is 15.9 Å². The molecule has 2 aromatic rings. The number of rotatable bonds is 4. The second-order valence-corrected chi connectivity index (χ2v) is 7.53. The summed E-state index contributed by atoms with van der Waals surface area (Å²) < 4.78 is 0.763. The normalized spacial score (nSPS) is 13.8. The molecule has 0 aromatic heterocycles. The Kier molecular flexibility index (Phi) is 5.23. The summed E-state index contributed by atoms with van der Waals surface area (Å²) in [7, 11) is 0. The van der Waals surface area contributed by atoms with Crippen molar-refractivity contribution in [3.05, 3.63) is 58.1 Å². The fourth-order valence-electron chi connectivity index (χ4n) is 3.05. The summed E-state index contributed by atoms with van der Waals surface area (Å²) in [5.74, 6) is 0.425. The van der Waals surface area contributed by atoms with Crippen LogP contribution in [0, 0.1) is 5.92 Å².